The van der Waals surface area contributed by atoms with Crippen LogP contribution in [0.4, 0.5) is 0 Å². The van der Waals surface area contributed by atoms with Crippen LogP contribution in [0.5, 0.6) is 0 Å². The van der Waals surface area contributed by atoms with Crippen molar-refractivity contribution in [3.8, 4) is 0 Å². The lowest BCUT2D eigenvalue weighted by Gasteiger charge is -2.09. The van der Waals surface area contributed by atoms with E-state index in [1.807, 2.05) is 32.0 Å². The highest BCUT2D eigenvalue weighted by atomic mass is 31.1. The van der Waals surface area contributed by atoms with Crippen LogP contribution in [0.25, 0.3) is 0 Å². The van der Waals surface area contributed by atoms with Gasteiger partial charge in [0.05, 0.1) is 0 Å². The van der Waals surface area contributed by atoms with E-state index in [2.05, 4.69) is 36.4 Å². The molecule has 2 unspecified atom stereocenters. The van der Waals surface area contributed by atoms with Crippen LogP contribution in [-0.2, 0) is 26.7 Å². The van der Waals surface area contributed by atoms with Gasteiger partial charge in [-0.15, -0.1) is 4.52 Å². The van der Waals surface area contributed by atoms with E-state index < -0.39 is 19.9 Å². The minimum atomic E-state index is -1.95. The van der Waals surface area contributed by atoms with Crippen molar-refractivity contribution in [3.63, 3.8) is 0 Å². The van der Waals surface area contributed by atoms with E-state index in [1.165, 1.54) is 11.1 Å². The predicted molar refractivity (Wildman–Crippen MR) is 108 cm³/mol. The predicted octanol–water partition coefficient (Wildman–Crippen LogP) is 5.33. The molecule has 144 valence electrons. The first-order valence-corrected chi connectivity index (χ1v) is 10.7. The lowest BCUT2D eigenvalue weighted by Crippen LogP contribution is -2.18. The molecule has 0 amide bonds. The van der Waals surface area contributed by atoms with Crippen LogP contribution in [0, 0.1) is 11.8 Å². The van der Waals surface area contributed by atoms with E-state index in [9.17, 15) is 14.5 Å². The summed E-state index contributed by atoms with van der Waals surface area (Å²) in [6.07, 6.45) is 2.16. The number of carbonyl (C=O) groups is 1. The van der Waals surface area contributed by atoms with Gasteiger partial charge < -0.3 is 5.11 Å². The Balaban J connectivity index is 1.76. The van der Waals surface area contributed by atoms with Crippen molar-refractivity contribution in [1.29, 1.82) is 0 Å². The first-order chi connectivity index (χ1) is 12.9. The summed E-state index contributed by atoms with van der Waals surface area (Å²) in [6, 6.07) is 18.7. The SMILES string of the molecule is CC(C)CC(C[P+](=O)OCCc1ccc(Cc2ccccc2)cc1)C(=O)O. The summed E-state index contributed by atoms with van der Waals surface area (Å²) >= 11 is 0. The van der Waals surface area contributed by atoms with Gasteiger partial charge in [0.2, 0.25) is 0 Å². The van der Waals surface area contributed by atoms with E-state index in [1.54, 1.807) is 0 Å². The molecule has 0 bridgehead atoms. The molecule has 5 heteroatoms. The molecule has 0 aliphatic rings. The summed E-state index contributed by atoms with van der Waals surface area (Å²) in [4.78, 5) is 11.2. The van der Waals surface area contributed by atoms with Gasteiger partial charge >= 0.3 is 14.0 Å². The van der Waals surface area contributed by atoms with Gasteiger partial charge in [0.25, 0.3) is 0 Å². The van der Waals surface area contributed by atoms with Crippen LogP contribution in [0.15, 0.2) is 54.6 Å². The second kappa shape index (κ2) is 11.0. The van der Waals surface area contributed by atoms with Gasteiger partial charge in [-0.05, 0) is 40.0 Å². The van der Waals surface area contributed by atoms with Crippen LogP contribution in [0.2, 0.25) is 0 Å². The van der Waals surface area contributed by atoms with Crippen LogP contribution in [0.3, 0.4) is 0 Å². The summed E-state index contributed by atoms with van der Waals surface area (Å²) in [5.74, 6) is -1.25. The standard InChI is InChI=1S/C22H27O4P/c1-17(2)14-21(22(23)24)16-27(25)26-13-12-18-8-10-20(11-9-18)15-19-6-4-3-5-7-19/h3-11,17,21H,12-16H2,1-2H3/p+1. The maximum absolute atomic E-state index is 12.0. The number of benzene rings is 2. The van der Waals surface area contributed by atoms with E-state index in [-0.39, 0.29) is 12.1 Å². The highest BCUT2D eigenvalue weighted by molar-refractivity contribution is 7.39. The molecule has 2 atom stereocenters. The topological polar surface area (TPSA) is 63.6 Å². The molecule has 4 nitrogen and oxygen atoms in total. The van der Waals surface area contributed by atoms with Gasteiger partial charge in [-0.25, -0.2) is 0 Å². The van der Waals surface area contributed by atoms with Crippen molar-refractivity contribution in [2.24, 2.45) is 11.8 Å². The second-order valence-electron chi connectivity index (χ2n) is 7.24. The average Bonchev–Trinajstić information content (AvgIpc) is 2.63. The van der Waals surface area contributed by atoms with Crippen LogP contribution in [-0.4, -0.2) is 23.8 Å². The monoisotopic (exact) mass is 387 g/mol. The Morgan fingerprint density at radius 2 is 1.59 bits per heavy atom. The molecule has 27 heavy (non-hydrogen) atoms. The van der Waals surface area contributed by atoms with Gasteiger partial charge in [-0.1, -0.05) is 68.4 Å². The zero-order valence-electron chi connectivity index (χ0n) is 16.0. The summed E-state index contributed by atoms with van der Waals surface area (Å²) in [7, 11) is -1.95. The molecule has 1 N–H and O–H groups in total. The number of carboxylic acid groups (broad SMARTS) is 1. The first kappa shape index (κ1) is 21.3. The Labute approximate surface area is 162 Å². The Bertz CT molecular complexity index is 726. The molecule has 0 radical (unpaired) electrons. The number of aliphatic carboxylic acids is 1. The fourth-order valence-electron chi connectivity index (χ4n) is 2.98. The lowest BCUT2D eigenvalue weighted by molar-refractivity contribution is -0.141. The Hall–Kier alpha value is -2.03. The highest BCUT2D eigenvalue weighted by Gasteiger charge is 2.30. The van der Waals surface area contributed by atoms with Crippen molar-refractivity contribution in [2.75, 3.05) is 12.8 Å². The molecule has 0 spiro atoms. The lowest BCUT2D eigenvalue weighted by atomic mass is 9.99. The van der Waals surface area contributed by atoms with Crippen molar-refractivity contribution in [1.82, 2.24) is 0 Å². The molecule has 2 aromatic carbocycles. The van der Waals surface area contributed by atoms with Crippen molar-refractivity contribution in [3.05, 3.63) is 71.3 Å². The second-order valence-corrected chi connectivity index (χ2v) is 8.53. The zero-order chi connectivity index (χ0) is 19.6. The highest BCUT2D eigenvalue weighted by Crippen LogP contribution is 2.29. The molecule has 2 rings (SSSR count). The summed E-state index contributed by atoms with van der Waals surface area (Å²) < 4.78 is 17.4. The van der Waals surface area contributed by atoms with Crippen molar-refractivity contribution in [2.45, 2.75) is 33.1 Å². The van der Waals surface area contributed by atoms with E-state index in [0.717, 1.165) is 12.0 Å². The number of hydrogen-bond acceptors (Lipinski definition) is 3. The van der Waals surface area contributed by atoms with Crippen molar-refractivity contribution < 1.29 is 19.0 Å². The number of rotatable bonds is 11. The van der Waals surface area contributed by atoms with Crippen molar-refractivity contribution >= 4 is 14.0 Å². The molecule has 0 aliphatic heterocycles. The maximum atomic E-state index is 12.0. The molecule has 0 saturated carbocycles. The first-order valence-electron chi connectivity index (χ1n) is 9.36. The molecule has 0 aromatic heterocycles. The summed E-state index contributed by atoms with van der Waals surface area (Å²) in [5.41, 5.74) is 3.64. The fourth-order valence-corrected chi connectivity index (χ4v) is 4.04. The van der Waals surface area contributed by atoms with Crippen LogP contribution in [0.1, 0.15) is 37.0 Å². The summed E-state index contributed by atoms with van der Waals surface area (Å²) in [5, 5.41) is 9.22. The van der Waals surface area contributed by atoms with E-state index in [0.29, 0.717) is 19.4 Å². The van der Waals surface area contributed by atoms with Gasteiger partial charge in [0.15, 0.2) is 6.16 Å². The Kier molecular flexibility index (Phi) is 8.63. The molecular formula is C22H28O4P+. The summed E-state index contributed by atoms with van der Waals surface area (Å²) in [6.45, 7) is 4.26. The molecule has 0 saturated heterocycles. The average molecular weight is 387 g/mol. The largest absolute Gasteiger partial charge is 0.508 e. The van der Waals surface area contributed by atoms with E-state index in [4.69, 9.17) is 4.52 Å². The fraction of sp³-hybridized carbons (Fsp3) is 0.409. The number of hydrogen-bond donors (Lipinski definition) is 1. The quantitative estimate of drug-likeness (QED) is 0.530. The minimum absolute atomic E-state index is 0.0822. The zero-order valence-corrected chi connectivity index (χ0v) is 16.9. The van der Waals surface area contributed by atoms with Gasteiger partial charge in [0.1, 0.15) is 12.5 Å². The smallest absolute Gasteiger partial charge is 0.481 e. The third-order valence-corrected chi connectivity index (χ3v) is 5.58. The van der Waals surface area contributed by atoms with E-state index >= 15 is 0 Å². The number of carboxylic acids is 1. The van der Waals surface area contributed by atoms with Gasteiger partial charge in [-0.2, -0.15) is 0 Å². The Morgan fingerprint density at radius 1 is 1.00 bits per heavy atom. The molecular weight excluding hydrogens is 359 g/mol. The molecule has 2 aromatic rings. The Morgan fingerprint density at radius 3 is 2.19 bits per heavy atom. The molecule has 0 fully saturated rings. The third kappa shape index (κ3) is 8.03. The van der Waals surface area contributed by atoms with Crippen LogP contribution >= 0.6 is 8.03 Å². The molecule has 0 aliphatic carbocycles. The van der Waals surface area contributed by atoms with Crippen LogP contribution < -0.4 is 0 Å². The maximum Gasteiger partial charge on any atom is 0.508 e. The third-order valence-electron chi connectivity index (χ3n) is 4.37. The minimum Gasteiger partial charge on any atom is -0.481 e. The molecule has 0 heterocycles. The van der Waals surface area contributed by atoms with Gasteiger partial charge in [-0.3, -0.25) is 4.79 Å². The normalized spacial score (nSPS) is 12.8. The van der Waals surface area contributed by atoms with Gasteiger partial charge in [0, 0.05) is 6.42 Å².